The molecule has 0 bridgehead atoms. The predicted octanol–water partition coefficient (Wildman–Crippen LogP) is 2.30. The Morgan fingerprint density at radius 3 is 2.58 bits per heavy atom. The summed E-state index contributed by atoms with van der Waals surface area (Å²) in [5.41, 5.74) is 12.8. The highest BCUT2D eigenvalue weighted by molar-refractivity contribution is 5.73. The van der Waals surface area contributed by atoms with Crippen molar-refractivity contribution in [1.82, 2.24) is 14.9 Å². The number of halogens is 1. The second-order valence-electron chi connectivity index (χ2n) is 5.95. The van der Waals surface area contributed by atoms with Gasteiger partial charge in [-0.3, -0.25) is 4.90 Å². The smallest absolute Gasteiger partial charge is 0.222 e. The van der Waals surface area contributed by atoms with Crippen LogP contribution in [0.4, 0.5) is 16.2 Å². The van der Waals surface area contributed by atoms with E-state index in [9.17, 15) is 9.65 Å². The van der Waals surface area contributed by atoms with Crippen LogP contribution in [0.25, 0.3) is 11.3 Å². The number of hydrogen-bond donors (Lipinski definition) is 2. The normalized spacial score (nSPS) is 15.2. The van der Waals surface area contributed by atoms with Gasteiger partial charge in [0.15, 0.2) is 0 Å². The Morgan fingerprint density at radius 1 is 1.17 bits per heavy atom. The molecule has 2 heterocycles. The first-order chi connectivity index (χ1) is 11.6. The van der Waals surface area contributed by atoms with Crippen molar-refractivity contribution in [2.24, 2.45) is 0 Å². The minimum atomic E-state index is -0.322. The van der Waals surface area contributed by atoms with Gasteiger partial charge in [-0.25, -0.2) is 9.37 Å². The number of aromatic nitrogens is 2. The Labute approximate surface area is 139 Å². The molecule has 0 radical (unpaired) electrons. The van der Waals surface area contributed by atoms with Gasteiger partial charge in [0.2, 0.25) is 5.95 Å². The van der Waals surface area contributed by atoms with Crippen LogP contribution in [0.2, 0.25) is 0 Å². The number of piperidine rings is 1. The molecular formula is C17H19FN6. The second-order valence-corrected chi connectivity index (χ2v) is 5.95. The van der Waals surface area contributed by atoms with Crippen molar-refractivity contribution in [2.75, 3.05) is 24.6 Å². The minimum Gasteiger partial charge on any atom is -0.382 e. The topological polar surface area (TPSA) is 105 Å². The molecule has 7 heteroatoms. The molecule has 0 atom stereocenters. The van der Waals surface area contributed by atoms with Crippen LogP contribution in [-0.4, -0.2) is 28.0 Å². The highest BCUT2D eigenvalue weighted by Crippen LogP contribution is 2.27. The third-order valence-corrected chi connectivity index (χ3v) is 4.24. The maximum absolute atomic E-state index is 14.5. The summed E-state index contributed by atoms with van der Waals surface area (Å²) >= 11 is 0. The maximum atomic E-state index is 14.5. The number of nitriles is 1. The summed E-state index contributed by atoms with van der Waals surface area (Å²) in [5, 5.41) is 9.24. The maximum Gasteiger partial charge on any atom is 0.222 e. The Balaban J connectivity index is 1.91. The molecule has 0 amide bonds. The van der Waals surface area contributed by atoms with E-state index in [4.69, 9.17) is 11.5 Å². The van der Waals surface area contributed by atoms with Gasteiger partial charge in [0, 0.05) is 17.7 Å². The number of anilines is 2. The Kier molecular flexibility index (Phi) is 4.58. The van der Waals surface area contributed by atoms with E-state index in [2.05, 4.69) is 14.9 Å². The molecule has 2 aromatic rings. The molecule has 1 aromatic carbocycles. The minimum absolute atomic E-state index is 0.00204. The molecule has 4 N–H and O–H groups in total. The molecule has 24 heavy (non-hydrogen) atoms. The van der Waals surface area contributed by atoms with E-state index in [1.54, 1.807) is 12.1 Å². The van der Waals surface area contributed by atoms with Crippen molar-refractivity contribution in [3.63, 3.8) is 0 Å². The summed E-state index contributed by atoms with van der Waals surface area (Å²) in [7, 11) is 0. The SMILES string of the molecule is N#Cc1c(N)nc(N)nc1-c1ccc(CN2CCCCC2)c(F)c1. The third kappa shape index (κ3) is 3.29. The van der Waals surface area contributed by atoms with E-state index >= 15 is 0 Å². The molecule has 0 aliphatic carbocycles. The summed E-state index contributed by atoms with van der Waals surface area (Å²) in [6, 6.07) is 6.80. The number of rotatable bonds is 3. The number of likely N-dealkylation sites (tertiary alicyclic amines) is 1. The molecule has 3 rings (SSSR count). The molecule has 124 valence electrons. The van der Waals surface area contributed by atoms with E-state index < -0.39 is 0 Å². The molecule has 1 saturated heterocycles. The lowest BCUT2D eigenvalue weighted by Crippen LogP contribution is -2.29. The number of benzene rings is 1. The molecule has 0 saturated carbocycles. The van der Waals surface area contributed by atoms with Gasteiger partial charge in [0.05, 0.1) is 5.69 Å². The first kappa shape index (κ1) is 16.1. The van der Waals surface area contributed by atoms with Crippen molar-refractivity contribution < 1.29 is 4.39 Å². The van der Waals surface area contributed by atoms with Gasteiger partial charge in [-0.2, -0.15) is 10.2 Å². The van der Waals surface area contributed by atoms with Gasteiger partial charge in [-0.1, -0.05) is 18.6 Å². The molecule has 1 fully saturated rings. The van der Waals surface area contributed by atoms with Crippen LogP contribution in [-0.2, 0) is 6.54 Å². The van der Waals surface area contributed by atoms with Crippen LogP contribution in [0, 0.1) is 17.1 Å². The lowest BCUT2D eigenvalue weighted by atomic mass is 10.0. The van der Waals surface area contributed by atoms with Crippen LogP contribution in [0.15, 0.2) is 18.2 Å². The zero-order chi connectivity index (χ0) is 17.1. The summed E-state index contributed by atoms with van der Waals surface area (Å²) in [6.45, 7) is 2.59. The van der Waals surface area contributed by atoms with Gasteiger partial charge >= 0.3 is 0 Å². The van der Waals surface area contributed by atoms with Crippen molar-refractivity contribution in [3.05, 3.63) is 35.1 Å². The van der Waals surface area contributed by atoms with E-state index in [1.165, 1.54) is 12.5 Å². The first-order valence-electron chi connectivity index (χ1n) is 7.92. The monoisotopic (exact) mass is 326 g/mol. The highest BCUT2D eigenvalue weighted by Gasteiger charge is 2.16. The largest absolute Gasteiger partial charge is 0.382 e. The lowest BCUT2D eigenvalue weighted by molar-refractivity contribution is 0.218. The van der Waals surface area contributed by atoms with Gasteiger partial charge < -0.3 is 11.5 Å². The Hall–Kier alpha value is -2.72. The summed E-state index contributed by atoms with van der Waals surface area (Å²) in [6.07, 6.45) is 3.56. The standard InChI is InChI=1S/C17H19FN6/c18-14-8-11(15-13(9-19)16(20)23-17(21)22-15)4-5-12(14)10-24-6-2-1-3-7-24/h4-5,8H,1-3,6-7,10H2,(H4,20,21,22,23). The van der Waals surface area contributed by atoms with Crippen LogP contribution in [0.1, 0.15) is 30.4 Å². The average Bonchev–Trinajstić information content (AvgIpc) is 2.57. The first-order valence-corrected chi connectivity index (χ1v) is 7.92. The molecule has 1 aromatic heterocycles. The van der Waals surface area contributed by atoms with Gasteiger partial charge in [0.1, 0.15) is 23.3 Å². The number of nitrogens with two attached hydrogens (primary N) is 2. The Morgan fingerprint density at radius 2 is 1.92 bits per heavy atom. The quantitative estimate of drug-likeness (QED) is 0.896. The van der Waals surface area contributed by atoms with Crippen LogP contribution in [0.5, 0.6) is 0 Å². The third-order valence-electron chi connectivity index (χ3n) is 4.24. The van der Waals surface area contributed by atoms with Crippen molar-refractivity contribution in [1.29, 1.82) is 5.26 Å². The zero-order valence-electron chi connectivity index (χ0n) is 13.3. The summed E-state index contributed by atoms with van der Waals surface area (Å²) in [4.78, 5) is 10.1. The van der Waals surface area contributed by atoms with Crippen LogP contribution >= 0.6 is 0 Å². The van der Waals surface area contributed by atoms with E-state index in [1.807, 2.05) is 6.07 Å². The van der Waals surface area contributed by atoms with Crippen molar-refractivity contribution in [2.45, 2.75) is 25.8 Å². The van der Waals surface area contributed by atoms with Gasteiger partial charge in [-0.15, -0.1) is 0 Å². The molecule has 1 aliphatic heterocycles. The van der Waals surface area contributed by atoms with Crippen molar-refractivity contribution in [3.8, 4) is 17.3 Å². The van der Waals surface area contributed by atoms with E-state index in [-0.39, 0.29) is 28.8 Å². The molecular weight excluding hydrogens is 307 g/mol. The fourth-order valence-electron chi connectivity index (χ4n) is 3.00. The highest BCUT2D eigenvalue weighted by atomic mass is 19.1. The molecule has 0 unspecified atom stereocenters. The van der Waals surface area contributed by atoms with Crippen molar-refractivity contribution >= 4 is 11.8 Å². The van der Waals surface area contributed by atoms with Crippen LogP contribution in [0.3, 0.4) is 0 Å². The fraction of sp³-hybridized carbons (Fsp3) is 0.353. The van der Waals surface area contributed by atoms with E-state index in [0.717, 1.165) is 25.9 Å². The van der Waals surface area contributed by atoms with E-state index in [0.29, 0.717) is 17.7 Å². The number of nitrogens with zero attached hydrogens (tertiary/aromatic N) is 4. The summed E-state index contributed by atoms with van der Waals surface area (Å²) < 4.78 is 14.5. The lowest BCUT2D eigenvalue weighted by Gasteiger charge is -2.26. The summed E-state index contributed by atoms with van der Waals surface area (Å²) in [5.74, 6) is -0.366. The van der Waals surface area contributed by atoms with Crippen LogP contribution < -0.4 is 11.5 Å². The molecule has 1 aliphatic rings. The predicted molar refractivity (Wildman–Crippen MR) is 90.1 cm³/mol. The zero-order valence-corrected chi connectivity index (χ0v) is 13.3. The number of nitrogen functional groups attached to an aromatic ring is 2. The Bertz CT molecular complexity index is 792. The average molecular weight is 326 g/mol. The molecule has 6 nitrogen and oxygen atoms in total. The second kappa shape index (κ2) is 6.81. The fourth-order valence-corrected chi connectivity index (χ4v) is 3.00. The number of hydrogen-bond acceptors (Lipinski definition) is 6. The van der Waals surface area contributed by atoms with Gasteiger partial charge in [-0.05, 0) is 32.0 Å². The molecule has 0 spiro atoms. The van der Waals surface area contributed by atoms with Gasteiger partial charge in [0.25, 0.3) is 0 Å².